The fourth-order valence-corrected chi connectivity index (χ4v) is 3.12. The van der Waals surface area contributed by atoms with E-state index in [1.807, 2.05) is 0 Å². The van der Waals surface area contributed by atoms with Gasteiger partial charge < -0.3 is 43.4 Å². The lowest BCUT2D eigenvalue weighted by atomic mass is 10.0. The summed E-state index contributed by atoms with van der Waals surface area (Å²) in [4.78, 5) is 83.0. The molecule has 0 aromatic heterocycles. The highest BCUT2D eigenvalue weighted by atomic mass is 16.4. The Labute approximate surface area is 211 Å². The van der Waals surface area contributed by atoms with Crippen molar-refractivity contribution in [1.29, 1.82) is 0 Å². The normalized spacial score (nSPS) is 13.8. The van der Waals surface area contributed by atoms with E-state index in [-0.39, 0.29) is 19.3 Å². The molecule has 0 bridgehead atoms. The first kappa shape index (κ1) is 30.5. The van der Waals surface area contributed by atoms with Gasteiger partial charge in [-0.05, 0) is 12.0 Å². The van der Waals surface area contributed by atoms with Gasteiger partial charge in [-0.1, -0.05) is 30.3 Å². The average Bonchev–Trinajstić information content (AvgIpc) is 2.80. The molecule has 15 heteroatoms. The number of aliphatic carboxylic acids is 2. The molecule has 0 spiro atoms. The van der Waals surface area contributed by atoms with Crippen molar-refractivity contribution in [3.05, 3.63) is 35.9 Å². The minimum atomic E-state index is -1.69. The molecule has 0 aliphatic rings. The SMILES string of the molecule is NC(=O)CCC(NC(=O)C(Cc1ccccc1)NC(=O)C(CC(=O)O)NC(=O)C(N)CC(N)=O)C(=O)O. The maximum atomic E-state index is 13.0. The van der Waals surface area contributed by atoms with Gasteiger partial charge in [0.25, 0.3) is 0 Å². The summed E-state index contributed by atoms with van der Waals surface area (Å²) >= 11 is 0. The molecule has 202 valence electrons. The van der Waals surface area contributed by atoms with E-state index in [0.717, 1.165) is 0 Å². The van der Waals surface area contributed by atoms with E-state index < -0.39 is 78.5 Å². The predicted molar refractivity (Wildman–Crippen MR) is 126 cm³/mol. The molecule has 0 saturated carbocycles. The third-order valence-corrected chi connectivity index (χ3v) is 4.98. The van der Waals surface area contributed by atoms with Gasteiger partial charge in [0.1, 0.15) is 18.1 Å². The van der Waals surface area contributed by atoms with Crippen molar-refractivity contribution in [2.75, 3.05) is 0 Å². The van der Waals surface area contributed by atoms with Crippen LogP contribution in [-0.4, -0.2) is 75.9 Å². The van der Waals surface area contributed by atoms with Gasteiger partial charge in [0.15, 0.2) is 0 Å². The summed E-state index contributed by atoms with van der Waals surface area (Å²) in [6, 6.07) is 2.23. The molecule has 1 aromatic carbocycles. The first-order valence-corrected chi connectivity index (χ1v) is 11.0. The van der Waals surface area contributed by atoms with Crippen molar-refractivity contribution >= 4 is 41.5 Å². The lowest BCUT2D eigenvalue weighted by molar-refractivity contribution is -0.143. The summed E-state index contributed by atoms with van der Waals surface area (Å²) in [5.41, 5.74) is 16.1. The molecule has 0 fully saturated rings. The van der Waals surface area contributed by atoms with E-state index in [2.05, 4.69) is 16.0 Å². The van der Waals surface area contributed by atoms with Crippen LogP contribution in [0.2, 0.25) is 0 Å². The first-order chi connectivity index (χ1) is 17.3. The van der Waals surface area contributed by atoms with Gasteiger partial charge in [0, 0.05) is 12.8 Å². The zero-order chi connectivity index (χ0) is 28.1. The Kier molecular flexibility index (Phi) is 12.2. The number of carbonyl (C=O) groups excluding carboxylic acids is 5. The Morgan fingerprint density at radius 3 is 1.78 bits per heavy atom. The Morgan fingerprint density at radius 1 is 0.730 bits per heavy atom. The lowest BCUT2D eigenvalue weighted by Crippen LogP contribution is -2.58. The Hall–Kier alpha value is -4.53. The van der Waals surface area contributed by atoms with Crippen LogP contribution in [0.15, 0.2) is 30.3 Å². The molecule has 4 atom stereocenters. The van der Waals surface area contributed by atoms with Crippen molar-refractivity contribution in [3.8, 4) is 0 Å². The lowest BCUT2D eigenvalue weighted by Gasteiger charge is -2.24. The second-order valence-corrected chi connectivity index (χ2v) is 8.09. The van der Waals surface area contributed by atoms with Crippen molar-refractivity contribution in [2.45, 2.75) is 56.3 Å². The van der Waals surface area contributed by atoms with Gasteiger partial charge in [-0.15, -0.1) is 0 Å². The van der Waals surface area contributed by atoms with Crippen LogP contribution in [0.3, 0.4) is 0 Å². The zero-order valence-corrected chi connectivity index (χ0v) is 19.7. The maximum Gasteiger partial charge on any atom is 0.326 e. The number of nitrogens with one attached hydrogen (secondary N) is 3. The number of primary amides is 2. The van der Waals surface area contributed by atoms with Crippen LogP contribution in [0.1, 0.15) is 31.2 Å². The largest absolute Gasteiger partial charge is 0.481 e. The number of amides is 5. The molecule has 4 unspecified atom stereocenters. The van der Waals surface area contributed by atoms with Crippen LogP contribution in [-0.2, 0) is 40.0 Å². The van der Waals surface area contributed by atoms with Crippen LogP contribution >= 0.6 is 0 Å². The number of carboxylic acid groups (broad SMARTS) is 2. The van der Waals surface area contributed by atoms with Crippen molar-refractivity contribution in [1.82, 2.24) is 16.0 Å². The second kappa shape index (κ2) is 14.8. The molecule has 11 N–H and O–H groups in total. The average molecular weight is 523 g/mol. The quantitative estimate of drug-likeness (QED) is 0.107. The highest BCUT2D eigenvalue weighted by Crippen LogP contribution is 2.07. The topological polar surface area (TPSA) is 274 Å². The van der Waals surface area contributed by atoms with Gasteiger partial charge in [0.2, 0.25) is 29.5 Å². The number of carboxylic acids is 2. The Morgan fingerprint density at radius 2 is 1.27 bits per heavy atom. The standard InChI is InChI=1S/C22H30N6O9/c23-12(9-17(25)30)19(33)27-15(10-18(31)32)21(35)28-14(8-11-4-2-1-3-5-11)20(34)26-13(22(36)37)6-7-16(24)29/h1-5,12-15H,6-10,23H2,(H2,24,29)(H2,25,30)(H,26,34)(H,27,33)(H,28,35)(H,31,32)(H,36,37). The fraction of sp³-hybridized carbons (Fsp3) is 0.409. The van der Waals surface area contributed by atoms with E-state index >= 15 is 0 Å². The molecule has 0 aliphatic carbocycles. The Balaban J connectivity index is 3.13. The number of rotatable bonds is 16. The van der Waals surface area contributed by atoms with Crippen LogP contribution in [0, 0.1) is 0 Å². The molecule has 37 heavy (non-hydrogen) atoms. The highest BCUT2D eigenvalue weighted by Gasteiger charge is 2.32. The maximum absolute atomic E-state index is 13.0. The van der Waals surface area contributed by atoms with Crippen molar-refractivity contribution in [2.24, 2.45) is 17.2 Å². The number of benzene rings is 1. The van der Waals surface area contributed by atoms with Crippen molar-refractivity contribution < 1.29 is 43.8 Å². The second-order valence-electron chi connectivity index (χ2n) is 8.09. The molecule has 0 heterocycles. The van der Waals surface area contributed by atoms with E-state index in [4.69, 9.17) is 17.2 Å². The number of carbonyl (C=O) groups is 7. The third-order valence-electron chi connectivity index (χ3n) is 4.98. The predicted octanol–water partition coefficient (Wildman–Crippen LogP) is -3.29. The molecule has 5 amide bonds. The summed E-state index contributed by atoms with van der Waals surface area (Å²) < 4.78 is 0. The van der Waals surface area contributed by atoms with Gasteiger partial charge in [0.05, 0.1) is 18.9 Å². The van der Waals surface area contributed by atoms with Crippen LogP contribution in [0.4, 0.5) is 0 Å². The summed E-state index contributed by atoms with van der Waals surface area (Å²) in [5.74, 6) is -7.64. The Bertz CT molecular complexity index is 1020. The number of nitrogens with two attached hydrogens (primary N) is 3. The highest BCUT2D eigenvalue weighted by molar-refractivity contribution is 5.96. The zero-order valence-electron chi connectivity index (χ0n) is 19.7. The minimum Gasteiger partial charge on any atom is -0.481 e. The molecular formula is C22H30N6O9. The van der Waals surface area contributed by atoms with Gasteiger partial charge in [-0.2, -0.15) is 0 Å². The van der Waals surface area contributed by atoms with E-state index in [9.17, 15) is 43.8 Å². The smallest absolute Gasteiger partial charge is 0.326 e. The van der Waals surface area contributed by atoms with Gasteiger partial charge in [-0.25, -0.2) is 4.79 Å². The summed E-state index contributed by atoms with van der Waals surface area (Å²) in [6.45, 7) is 0. The molecule has 0 radical (unpaired) electrons. The van der Waals surface area contributed by atoms with Crippen LogP contribution in [0.5, 0.6) is 0 Å². The van der Waals surface area contributed by atoms with Crippen LogP contribution in [0.25, 0.3) is 0 Å². The molecule has 0 aliphatic heterocycles. The number of hydrogen-bond donors (Lipinski definition) is 8. The van der Waals surface area contributed by atoms with Gasteiger partial charge in [-0.3, -0.25) is 28.8 Å². The third kappa shape index (κ3) is 11.6. The minimum absolute atomic E-state index is 0.129. The van der Waals surface area contributed by atoms with E-state index in [0.29, 0.717) is 5.56 Å². The molecule has 15 nitrogen and oxygen atoms in total. The molecule has 0 saturated heterocycles. The summed E-state index contributed by atoms with van der Waals surface area (Å²) in [5, 5.41) is 25.2. The van der Waals surface area contributed by atoms with E-state index in [1.54, 1.807) is 30.3 Å². The van der Waals surface area contributed by atoms with Crippen molar-refractivity contribution in [3.63, 3.8) is 0 Å². The van der Waals surface area contributed by atoms with E-state index in [1.165, 1.54) is 0 Å². The summed E-state index contributed by atoms with van der Waals surface area (Å²) in [6.07, 6.45) is -2.22. The molecular weight excluding hydrogens is 492 g/mol. The molecule has 1 aromatic rings. The summed E-state index contributed by atoms with van der Waals surface area (Å²) in [7, 11) is 0. The number of hydrogen-bond acceptors (Lipinski definition) is 8. The van der Waals surface area contributed by atoms with Crippen LogP contribution < -0.4 is 33.2 Å². The van der Waals surface area contributed by atoms with Gasteiger partial charge >= 0.3 is 11.9 Å². The molecule has 1 rings (SSSR count). The first-order valence-electron chi connectivity index (χ1n) is 11.0. The monoisotopic (exact) mass is 522 g/mol. The fourth-order valence-electron chi connectivity index (χ4n) is 3.12.